The van der Waals surface area contributed by atoms with Crippen LogP contribution in [0, 0.1) is 11.8 Å². The van der Waals surface area contributed by atoms with Crippen molar-refractivity contribution in [2.24, 2.45) is 17.6 Å². The maximum Gasteiger partial charge on any atom is 0.0326 e. The molecule has 3 unspecified atom stereocenters. The molecule has 3 atom stereocenters. The zero-order chi connectivity index (χ0) is 10.4. The highest BCUT2D eigenvalue weighted by molar-refractivity contribution is 5.37. The second-order valence-electron chi connectivity index (χ2n) is 5.28. The molecular formula is C14H19N. The summed E-state index contributed by atoms with van der Waals surface area (Å²) in [7, 11) is 0. The number of nitrogens with two attached hydrogens (primary N) is 1. The Balaban J connectivity index is 1.86. The Morgan fingerprint density at radius 3 is 2.73 bits per heavy atom. The lowest BCUT2D eigenvalue weighted by Gasteiger charge is -2.13. The summed E-state index contributed by atoms with van der Waals surface area (Å²) in [5.74, 6) is 1.58. The number of benzene rings is 1. The highest BCUT2D eigenvalue weighted by Gasteiger charge is 2.38. The number of hydrogen-bond donors (Lipinski definition) is 1. The van der Waals surface area contributed by atoms with Gasteiger partial charge in [-0.1, -0.05) is 25.1 Å². The SMILES string of the molecule is CC1CC1C(N)c1ccc2c(c1)CCC2. The first-order valence-electron chi connectivity index (χ1n) is 6.13. The lowest BCUT2D eigenvalue weighted by atomic mass is 9.98. The van der Waals surface area contributed by atoms with Gasteiger partial charge in [0.05, 0.1) is 0 Å². The summed E-state index contributed by atoms with van der Waals surface area (Å²) in [6, 6.07) is 7.19. The van der Waals surface area contributed by atoms with Crippen molar-refractivity contribution in [2.75, 3.05) is 0 Å². The zero-order valence-corrected chi connectivity index (χ0v) is 9.37. The topological polar surface area (TPSA) is 26.0 Å². The third-order valence-corrected chi connectivity index (χ3v) is 4.14. The minimum absolute atomic E-state index is 0.283. The third-order valence-electron chi connectivity index (χ3n) is 4.14. The predicted octanol–water partition coefficient (Wildman–Crippen LogP) is 2.83. The molecule has 1 saturated carbocycles. The zero-order valence-electron chi connectivity index (χ0n) is 9.37. The molecule has 3 rings (SSSR count). The summed E-state index contributed by atoms with van der Waals surface area (Å²) >= 11 is 0. The fraction of sp³-hybridized carbons (Fsp3) is 0.571. The molecular weight excluding hydrogens is 182 g/mol. The van der Waals surface area contributed by atoms with Crippen LogP contribution in [0.3, 0.4) is 0 Å². The molecule has 0 heterocycles. The van der Waals surface area contributed by atoms with Crippen LogP contribution in [0.1, 0.15) is 42.5 Å². The van der Waals surface area contributed by atoms with E-state index in [0.29, 0.717) is 0 Å². The van der Waals surface area contributed by atoms with Gasteiger partial charge in [0.25, 0.3) is 0 Å². The summed E-state index contributed by atoms with van der Waals surface area (Å²) in [5.41, 5.74) is 10.8. The molecule has 0 aromatic heterocycles. The second-order valence-corrected chi connectivity index (χ2v) is 5.28. The molecule has 1 aromatic rings. The third kappa shape index (κ3) is 1.59. The lowest BCUT2D eigenvalue weighted by Crippen LogP contribution is -2.13. The normalized spacial score (nSPS) is 30.0. The van der Waals surface area contributed by atoms with Gasteiger partial charge in [0.15, 0.2) is 0 Å². The summed E-state index contributed by atoms with van der Waals surface area (Å²) < 4.78 is 0. The van der Waals surface area contributed by atoms with Gasteiger partial charge in [-0.3, -0.25) is 0 Å². The van der Waals surface area contributed by atoms with Gasteiger partial charge >= 0.3 is 0 Å². The molecule has 0 aliphatic heterocycles. The standard InChI is InChI=1S/C14H19N/c1-9-7-13(9)14(15)12-6-5-10-3-2-4-11(10)8-12/h5-6,8-9,13-14H,2-4,7,15H2,1H3. The van der Waals surface area contributed by atoms with E-state index in [1.807, 2.05) is 0 Å². The molecule has 0 spiro atoms. The summed E-state index contributed by atoms with van der Waals surface area (Å²) in [5, 5.41) is 0. The average Bonchev–Trinajstić information content (AvgIpc) is 2.80. The highest BCUT2D eigenvalue weighted by Crippen LogP contribution is 2.46. The van der Waals surface area contributed by atoms with Crippen molar-refractivity contribution in [3.8, 4) is 0 Å². The van der Waals surface area contributed by atoms with E-state index >= 15 is 0 Å². The van der Waals surface area contributed by atoms with Gasteiger partial charge in [-0.15, -0.1) is 0 Å². The molecule has 15 heavy (non-hydrogen) atoms. The van der Waals surface area contributed by atoms with Crippen molar-refractivity contribution in [3.63, 3.8) is 0 Å². The van der Waals surface area contributed by atoms with Crippen molar-refractivity contribution < 1.29 is 0 Å². The van der Waals surface area contributed by atoms with Crippen molar-refractivity contribution >= 4 is 0 Å². The van der Waals surface area contributed by atoms with Gasteiger partial charge < -0.3 is 5.73 Å². The maximum atomic E-state index is 6.28. The van der Waals surface area contributed by atoms with Gasteiger partial charge in [-0.25, -0.2) is 0 Å². The van der Waals surface area contributed by atoms with Crippen LogP contribution in [0.5, 0.6) is 0 Å². The molecule has 1 heteroatoms. The van der Waals surface area contributed by atoms with Crippen molar-refractivity contribution in [1.29, 1.82) is 0 Å². The Kier molecular flexibility index (Phi) is 2.10. The van der Waals surface area contributed by atoms with Gasteiger partial charge in [0, 0.05) is 6.04 Å². The molecule has 0 saturated heterocycles. The van der Waals surface area contributed by atoms with Gasteiger partial charge in [-0.05, 0) is 54.2 Å². The fourth-order valence-electron chi connectivity index (χ4n) is 2.90. The Morgan fingerprint density at radius 2 is 2.00 bits per heavy atom. The van der Waals surface area contributed by atoms with E-state index in [1.54, 1.807) is 11.1 Å². The number of fused-ring (bicyclic) bond motifs is 1. The molecule has 2 aliphatic rings. The summed E-state index contributed by atoms with van der Waals surface area (Å²) in [4.78, 5) is 0. The molecule has 1 nitrogen and oxygen atoms in total. The Bertz CT molecular complexity index is 383. The number of hydrogen-bond acceptors (Lipinski definition) is 1. The Morgan fingerprint density at radius 1 is 1.27 bits per heavy atom. The van der Waals surface area contributed by atoms with Gasteiger partial charge in [0.1, 0.15) is 0 Å². The van der Waals surface area contributed by atoms with Crippen LogP contribution in [0.15, 0.2) is 18.2 Å². The molecule has 1 fully saturated rings. The van der Waals surface area contributed by atoms with Crippen LogP contribution < -0.4 is 5.73 Å². The first-order valence-corrected chi connectivity index (χ1v) is 6.13. The van der Waals surface area contributed by atoms with Crippen molar-refractivity contribution in [2.45, 2.75) is 38.6 Å². The van der Waals surface area contributed by atoms with Crippen LogP contribution >= 0.6 is 0 Å². The van der Waals surface area contributed by atoms with Crippen molar-refractivity contribution in [1.82, 2.24) is 0 Å². The van der Waals surface area contributed by atoms with Crippen LogP contribution in [0.25, 0.3) is 0 Å². The van der Waals surface area contributed by atoms with Crippen LogP contribution in [0.2, 0.25) is 0 Å². The molecule has 0 bridgehead atoms. The lowest BCUT2D eigenvalue weighted by molar-refractivity contribution is 0.593. The van der Waals surface area contributed by atoms with E-state index < -0.39 is 0 Å². The molecule has 2 aliphatic carbocycles. The molecule has 0 amide bonds. The minimum atomic E-state index is 0.283. The Labute approximate surface area is 91.7 Å². The van der Waals surface area contributed by atoms with E-state index in [4.69, 9.17) is 5.73 Å². The number of rotatable bonds is 2. The number of aryl methyl sites for hydroxylation is 2. The highest BCUT2D eigenvalue weighted by atomic mass is 14.7. The molecule has 80 valence electrons. The maximum absolute atomic E-state index is 6.28. The molecule has 2 N–H and O–H groups in total. The van der Waals surface area contributed by atoms with E-state index in [9.17, 15) is 0 Å². The Hall–Kier alpha value is -0.820. The van der Waals surface area contributed by atoms with Crippen LogP contribution in [-0.2, 0) is 12.8 Å². The van der Waals surface area contributed by atoms with Gasteiger partial charge in [0.2, 0.25) is 0 Å². The summed E-state index contributed by atoms with van der Waals surface area (Å²) in [6.07, 6.45) is 5.17. The predicted molar refractivity (Wildman–Crippen MR) is 62.7 cm³/mol. The quantitative estimate of drug-likeness (QED) is 0.782. The second kappa shape index (κ2) is 3.34. The van der Waals surface area contributed by atoms with E-state index in [1.165, 1.54) is 31.2 Å². The van der Waals surface area contributed by atoms with Gasteiger partial charge in [-0.2, -0.15) is 0 Å². The summed E-state index contributed by atoms with van der Waals surface area (Å²) in [6.45, 7) is 2.30. The molecule has 0 radical (unpaired) electrons. The largest absolute Gasteiger partial charge is 0.324 e. The van der Waals surface area contributed by atoms with Crippen molar-refractivity contribution in [3.05, 3.63) is 34.9 Å². The average molecular weight is 201 g/mol. The molecule has 1 aromatic carbocycles. The van der Waals surface area contributed by atoms with E-state index in [2.05, 4.69) is 25.1 Å². The van der Waals surface area contributed by atoms with E-state index in [-0.39, 0.29) is 6.04 Å². The first kappa shape index (κ1) is 9.41. The minimum Gasteiger partial charge on any atom is -0.324 e. The van der Waals surface area contributed by atoms with Crippen LogP contribution in [0.4, 0.5) is 0 Å². The smallest absolute Gasteiger partial charge is 0.0326 e. The first-order chi connectivity index (χ1) is 7.25. The fourth-order valence-corrected chi connectivity index (χ4v) is 2.90. The monoisotopic (exact) mass is 201 g/mol. The van der Waals surface area contributed by atoms with Crippen LogP contribution in [-0.4, -0.2) is 0 Å². The van der Waals surface area contributed by atoms with E-state index in [0.717, 1.165) is 11.8 Å².